The first-order chi connectivity index (χ1) is 15.5. The van der Waals surface area contributed by atoms with Crippen LogP contribution < -0.4 is 0 Å². The summed E-state index contributed by atoms with van der Waals surface area (Å²) in [5.74, 6) is -2.17. The van der Waals surface area contributed by atoms with Gasteiger partial charge in [0.15, 0.2) is 5.78 Å². The number of hydrogen-bond donors (Lipinski definition) is 1. The Hall–Kier alpha value is -3.50. The van der Waals surface area contributed by atoms with Crippen molar-refractivity contribution in [1.82, 2.24) is 10.2 Å². The summed E-state index contributed by atoms with van der Waals surface area (Å²) in [4.78, 5) is 25.4. The first-order valence-electron chi connectivity index (χ1n) is 10.2. The lowest BCUT2D eigenvalue weighted by Crippen LogP contribution is -2.20. The van der Waals surface area contributed by atoms with Gasteiger partial charge in [-0.25, -0.2) is 9.18 Å². The Morgan fingerprint density at radius 3 is 2.88 bits per heavy atom. The number of nitriles is 1. The number of aromatic nitrogens is 2. The minimum absolute atomic E-state index is 0.0971. The summed E-state index contributed by atoms with van der Waals surface area (Å²) in [6.07, 6.45) is 1.93. The lowest BCUT2D eigenvalue weighted by atomic mass is 9.79. The Morgan fingerprint density at radius 1 is 1.34 bits per heavy atom. The Bertz CT molecular complexity index is 1260. The van der Waals surface area contributed by atoms with E-state index in [4.69, 9.17) is 16.3 Å². The number of halogens is 2. The third kappa shape index (κ3) is 3.78. The second kappa shape index (κ2) is 8.93. The van der Waals surface area contributed by atoms with Crippen molar-refractivity contribution in [3.8, 4) is 17.3 Å². The molecule has 32 heavy (non-hydrogen) atoms. The molecule has 0 fully saturated rings. The largest absolute Gasteiger partial charge is 0.462 e. The molecule has 8 heteroatoms. The Labute approximate surface area is 189 Å². The highest BCUT2D eigenvalue weighted by atomic mass is 35.5. The van der Waals surface area contributed by atoms with Gasteiger partial charge in [-0.2, -0.15) is 10.4 Å². The summed E-state index contributed by atoms with van der Waals surface area (Å²) >= 11 is 6.28. The van der Waals surface area contributed by atoms with Crippen LogP contribution >= 0.6 is 11.6 Å². The number of hydrogen-bond acceptors (Lipinski definition) is 5. The number of H-pyrrole nitrogens is 1. The monoisotopic (exact) mass is 451 g/mol. The van der Waals surface area contributed by atoms with Crippen molar-refractivity contribution in [2.45, 2.75) is 32.1 Å². The molecule has 1 atom stereocenters. The number of Topliss-reactive ketones (excluding diaryl/α,β-unsaturated/α-hetero) is 1. The summed E-state index contributed by atoms with van der Waals surface area (Å²) in [6.45, 7) is 1.86. The average molecular weight is 452 g/mol. The lowest BCUT2D eigenvalue weighted by molar-refractivity contribution is 0.0525. The number of carbonyl (C=O) groups excluding carboxylic acids is 2. The van der Waals surface area contributed by atoms with Crippen LogP contribution in [0, 0.1) is 17.1 Å². The normalized spacial score (nSPS) is 15.0. The summed E-state index contributed by atoms with van der Waals surface area (Å²) in [6, 6.07) is 10.8. The highest BCUT2D eigenvalue weighted by Gasteiger charge is 2.34. The van der Waals surface area contributed by atoms with Crippen LogP contribution in [0.5, 0.6) is 0 Å². The lowest BCUT2D eigenvalue weighted by Gasteiger charge is -2.23. The average Bonchev–Trinajstić information content (AvgIpc) is 3.22. The van der Waals surface area contributed by atoms with Crippen molar-refractivity contribution in [2.75, 3.05) is 6.61 Å². The summed E-state index contributed by atoms with van der Waals surface area (Å²) in [7, 11) is 0. The number of aryl methyl sites for hydroxylation is 1. The zero-order valence-corrected chi connectivity index (χ0v) is 18.0. The molecule has 1 aliphatic rings. The van der Waals surface area contributed by atoms with E-state index in [2.05, 4.69) is 10.2 Å². The summed E-state index contributed by atoms with van der Waals surface area (Å²) in [5, 5.41) is 16.9. The van der Waals surface area contributed by atoms with Crippen molar-refractivity contribution in [1.29, 1.82) is 5.26 Å². The second-order valence-electron chi connectivity index (χ2n) is 7.46. The number of nitrogens with one attached hydrogen (secondary N) is 1. The topological polar surface area (TPSA) is 95.8 Å². The maximum atomic E-state index is 15.0. The maximum Gasteiger partial charge on any atom is 0.338 e. The van der Waals surface area contributed by atoms with Gasteiger partial charge >= 0.3 is 5.97 Å². The SMILES string of the molecule is CCOC(=O)c1ccc(-c2n[nH]c3c2C(C(=O)c2c(Cl)cccc2C#N)CCC3)c(F)c1. The molecule has 3 aromatic rings. The van der Waals surface area contributed by atoms with Gasteiger partial charge in [0.25, 0.3) is 0 Å². The van der Waals surface area contributed by atoms with Crippen LogP contribution in [0.4, 0.5) is 4.39 Å². The molecule has 0 aliphatic heterocycles. The number of ether oxygens (including phenoxy) is 1. The van der Waals surface area contributed by atoms with E-state index in [9.17, 15) is 14.9 Å². The van der Waals surface area contributed by atoms with E-state index < -0.39 is 17.7 Å². The smallest absolute Gasteiger partial charge is 0.338 e. The minimum atomic E-state index is -0.642. The van der Waals surface area contributed by atoms with E-state index in [1.54, 1.807) is 25.1 Å². The second-order valence-corrected chi connectivity index (χ2v) is 7.87. The fourth-order valence-electron chi connectivity index (χ4n) is 4.14. The van der Waals surface area contributed by atoms with Gasteiger partial charge in [0.05, 0.1) is 46.0 Å². The Kier molecular flexibility index (Phi) is 6.06. The number of aromatic amines is 1. The molecule has 4 rings (SSSR count). The maximum absolute atomic E-state index is 15.0. The molecule has 0 saturated carbocycles. The number of rotatable bonds is 5. The third-order valence-electron chi connectivity index (χ3n) is 5.58. The van der Waals surface area contributed by atoms with Gasteiger partial charge in [-0.05, 0) is 56.5 Å². The quantitative estimate of drug-likeness (QED) is 0.423. The Morgan fingerprint density at radius 2 is 2.16 bits per heavy atom. The molecule has 0 amide bonds. The van der Waals surface area contributed by atoms with Gasteiger partial charge in [-0.1, -0.05) is 17.7 Å². The fourth-order valence-corrected chi connectivity index (χ4v) is 4.41. The van der Waals surface area contributed by atoms with Crippen molar-refractivity contribution < 1.29 is 18.7 Å². The van der Waals surface area contributed by atoms with Crippen molar-refractivity contribution in [2.24, 2.45) is 0 Å². The first kappa shape index (κ1) is 21.7. The molecular weight excluding hydrogens is 433 g/mol. The number of carbonyl (C=O) groups is 2. The van der Waals surface area contributed by atoms with Crippen molar-refractivity contribution >= 4 is 23.4 Å². The molecule has 1 heterocycles. The molecule has 1 aliphatic carbocycles. The molecule has 1 N–H and O–H groups in total. The van der Waals surface area contributed by atoms with Crippen LogP contribution in [0.25, 0.3) is 11.3 Å². The molecule has 0 saturated heterocycles. The molecule has 1 aromatic heterocycles. The van der Waals surface area contributed by atoms with Gasteiger partial charge in [0, 0.05) is 16.8 Å². The molecular formula is C24H19ClFN3O3. The van der Waals surface area contributed by atoms with Crippen LogP contribution in [0.1, 0.15) is 63.2 Å². The summed E-state index contributed by atoms with van der Waals surface area (Å²) in [5.41, 5.74) is 2.31. The number of fused-ring (bicyclic) bond motifs is 1. The van der Waals surface area contributed by atoms with Crippen LogP contribution in [0.15, 0.2) is 36.4 Å². The van der Waals surface area contributed by atoms with E-state index >= 15 is 4.39 Å². The van der Waals surface area contributed by atoms with Crippen LogP contribution in [0.3, 0.4) is 0 Å². The number of nitrogens with zero attached hydrogens (tertiary/aromatic N) is 2. The molecule has 162 valence electrons. The molecule has 0 radical (unpaired) electrons. The number of benzene rings is 2. The minimum Gasteiger partial charge on any atom is -0.462 e. The Balaban J connectivity index is 1.78. The molecule has 2 aromatic carbocycles. The van der Waals surface area contributed by atoms with E-state index in [0.29, 0.717) is 24.1 Å². The van der Waals surface area contributed by atoms with E-state index in [1.807, 2.05) is 6.07 Å². The van der Waals surface area contributed by atoms with Crippen molar-refractivity contribution in [3.63, 3.8) is 0 Å². The zero-order valence-electron chi connectivity index (χ0n) is 17.2. The van der Waals surface area contributed by atoms with Gasteiger partial charge in [0.1, 0.15) is 5.82 Å². The molecule has 6 nitrogen and oxygen atoms in total. The standard InChI is InChI=1S/C24H19ClFN3O3/c1-2-32-24(31)13-9-10-15(18(26)11-13)22-21-16(6-4-8-19(21)28-29-22)23(30)20-14(12-27)5-3-7-17(20)25/h3,5,7,9-11,16H,2,4,6,8H2,1H3,(H,28,29). The van der Waals surface area contributed by atoms with Gasteiger partial charge in [-0.3, -0.25) is 9.89 Å². The van der Waals surface area contributed by atoms with E-state index in [0.717, 1.165) is 18.2 Å². The molecule has 0 bridgehead atoms. The molecule has 1 unspecified atom stereocenters. The van der Waals surface area contributed by atoms with Crippen LogP contribution in [-0.2, 0) is 11.2 Å². The van der Waals surface area contributed by atoms with Crippen molar-refractivity contribution in [3.05, 3.63) is 75.2 Å². The highest BCUT2D eigenvalue weighted by Crippen LogP contribution is 2.41. The predicted octanol–water partition coefficient (Wildman–Crippen LogP) is 5.22. The van der Waals surface area contributed by atoms with Crippen LogP contribution in [-0.4, -0.2) is 28.6 Å². The molecule has 0 spiro atoms. The van der Waals surface area contributed by atoms with Gasteiger partial charge < -0.3 is 4.74 Å². The highest BCUT2D eigenvalue weighted by molar-refractivity contribution is 6.34. The summed E-state index contributed by atoms with van der Waals surface area (Å²) < 4.78 is 19.9. The van der Waals surface area contributed by atoms with E-state index in [-0.39, 0.29) is 39.7 Å². The van der Waals surface area contributed by atoms with Gasteiger partial charge in [0.2, 0.25) is 0 Å². The zero-order chi connectivity index (χ0) is 22.8. The predicted molar refractivity (Wildman–Crippen MR) is 116 cm³/mol. The fraction of sp³-hybridized carbons (Fsp3) is 0.250. The first-order valence-corrected chi connectivity index (χ1v) is 10.6. The third-order valence-corrected chi connectivity index (χ3v) is 5.90. The van der Waals surface area contributed by atoms with Gasteiger partial charge in [-0.15, -0.1) is 0 Å². The number of ketones is 1. The van der Waals surface area contributed by atoms with E-state index in [1.165, 1.54) is 12.1 Å². The number of esters is 1. The van der Waals surface area contributed by atoms with Crippen LogP contribution in [0.2, 0.25) is 5.02 Å².